The molecule has 0 saturated carbocycles. The number of nitrogens with zero attached hydrogens (tertiary/aromatic N) is 1. The van der Waals surface area contributed by atoms with Crippen LogP contribution < -0.4 is 5.73 Å². The van der Waals surface area contributed by atoms with Crippen molar-refractivity contribution in [1.82, 2.24) is 4.90 Å². The molecule has 1 saturated heterocycles. The highest BCUT2D eigenvalue weighted by Crippen LogP contribution is 2.09. The fourth-order valence-corrected chi connectivity index (χ4v) is 1.90. The van der Waals surface area contributed by atoms with Gasteiger partial charge in [-0.05, 0) is 24.3 Å². The van der Waals surface area contributed by atoms with E-state index in [1.807, 2.05) is 0 Å². The van der Waals surface area contributed by atoms with Crippen molar-refractivity contribution >= 4 is 23.9 Å². The first-order valence-electron chi connectivity index (χ1n) is 5.94. The van der Waals surface area contributed by atoms with E-state index in [9.17, 15) is 4.79 Å². The van der Waals surface area contributed by atoms with Crippen molar-refractivity contribution in [2.75, 3.05) is 38.6 Å². The number of anilines is 1. The maximum Gasteiger partial charge on any atom is 0.164 e. The zero-order chi connectivity index (χ0) is 12.1. The van der Waals surface area contributed by atoms with Gasteiger partial charge in [0.2, 0.25) is 0 Å². The quantitative estimate of drug-likeness (QED) is 0.667. The minimum absolute atomic E-state index is 0. The summed E-state index contributed by atoms with van der Waals surface area (Å²) >= 11 is 0. The smallest absolute Gasteiger partial charge is 0.164 e. The number of hydrogen-bond acceptors (Lipinski definition) is 4. The highest BCUT2D eigenvalue weighted by atomic mass is 35.5. The molecule has 4 nitrogen and oxygen atoms in total. The predicted molar refractivity (Wildman–Crippen MR) is 74.3 cm³/mol. The Balaban J connectivity index is 0.00000162. The molecule has 2 N–H and O–H groups in total. The minimum atomic E-state index is 0. The molecule has 100 valence electrons. The predicted octanol–water partition coefficient (Wildman–Crippen LogP) is 1.60. The summed E-state index contributed by atoms with van der Waals surface area (Å²) in [5, 5.41) is 0. The van der Waals surface area contributed by atoms with Gasteiger partial charge in [0.25, 0.3) is 0 Å². The number of ether oxygens (including phenoxy) is 1. The third-order valence-corrected chi connectivity index (χ3v) is 2.99. The van der Waals surface area contributed by atoms with Crippen molar-refractivity contribution in [3.8, 4) is 0 Å². The highest BCUT2D eigenvalue weighted by molar-refractivity contribution is 5.96. The lowest BCUT2D eigenvalue weighted by Gasteiger charge is -2.26. The summed E-state index contributed by atoms with van der Waals surface area (Å²) in [7, 11) is 0. The number of nitrogens with two attached hydrogens (primary N) is 1. The summed E-state index contributed by atoms with van der Waals surface area (Å²) in [6, 6.07) is 7.11. The number of halogens is 1. The number of Topliss-reactive ketones (excluding diaryl/α,β-unsaturated/α-hetero) is 1. The number of rotatable bonds is 4. The number of carbonyl (C=O) groups excluding carboxylic acids is 1. The van der Waals surface area contributed by atoms with Crippen LogP contribution in [0.15, 0.2) is 24.3 Å². The molecule has 0 atom stereocenters. The van der Waals surface area contributed by atoms with Crippen molar-refractivity contribution in [3.05, 3.63) is 29.8 Å². The number of carbonyl (C=O) groups is 1. The summed E-state index contributed by atoms with van der Waals surface area (Å²) in [5.41, 5.74) is 7.02. The van der Waals surface area contributed by atoms with Crippen LogP contribution in [0.4, 0.5) is 5.69 Å². The van der Waals surface area contributed by atoms with Crippen LogP contribution in [0.3, 0.4) is 0 Å². The second-order valence-corrected chi connectivity index (χ2v) is 4.25. The van der Waals surface area contributed by atoms with Crippen LogP contribution in [0.5, 0.6) is 0 Å². The average Bonchev–Trinajstić information content (AvgIpc) is 2.38. The number of morpholine rings is 1. The van der Waals surface area contributed by atoms with Crippen LogP contribution in [0, 0.1) is 0 Å². The van der Waals surface area contributed by atoms with Crippen molar-refractivity contribution in [1.29, 1.82) is 0 Å². The Morgan fingerprint density at radius 3 is 2.44 bits per heavy atom. The van der Waals surface area contributed by atoms with Crippen LogP contribution in [0.2, 0.25) is 0 Å². The van der Waals surface area contributed by atoms with Gasteiger partial charge in [0.05, 0.1) is 13.2 Å². The maximum atomic E-state index is 11.9. The van der Waals surface area contributed by atoms with E-state index in [0.29, 0.717) is 12.1 Å². The van der Waals surface area contributed by atoms with Gasteiger partial charge >= 0.3 is 0 Å². The molecule has 0 aromatic heterocycles. The molecule has 0 aliphatic carbocycles. The summed E-state index contributed by atoms with van der Waals surface area (Å²) in [6.45, 7) is 4.21. The first-order valence-corrected chi connectivity index (χ1v) is 5.94. The summed E-state index contributed by atoms with van der Waals surface area (Å²) < 4.78 is 5.26. The monoisotopic (exact) mass is 270 g/mol. The molecule has 1 fully saturated rings. The van der Waals surface area contributed by atoms with Crippen LogP contribution in [0.25, 0.3) is 0 Å². The topological polar surface area (TPSA) is 55.6 Å². The molecule has 18 heavy (non-hydrogen) atoms. The lowest BCUT2D eigenvalue weighted by atomic mass is 10.1. The maximum absolute atomic E-state index is 11.9. The van der Waals surface area contributed by atoms with E-state index < -0.39 is 0 Å². The van der Waals surface area contributed by atoms with Gasteiger partial charge in [0, 0.05) is 37.3 Å². The van der Waals surface area contributed by atoms with Gasteiger partial charge in [-0.15, -0.1) is 12.4 Å². The van der Waals surface area contributed by atoms with E-state index in [4.69, 9.17) is 10.5 Å². The zero-order valence-electron chi connectivity index (χ0n) is 10.3. The standard InChI is InChI=1S/C13H18N2O2.ClH/c14-12-3-1-11(2-4-12)13(16)5-6-15-7-9-17-10-8-15;/h1-4H,5-10,14H2;1H. The number of nitrogen functional groups attached to an aromatic ring is 1. The molecule has 0 unspecified atom stereocenters. The second kappa shape index (κ2) is 7.36. The van der Waals surface area contributed by atoms with Gasteiger partial charge in [-0.2, -0.15) is 0 Å². The Bertz CT molecular complexity index is 375. The molecule has 1 aromatic rings. The van der Waals surface area contributed by atoms with Crippen LogP contribution in [0.1, 0.15) is 16.8 Å². The molecule has 1 heterocycles. The first-order chi connectivity index (χ1) is 8.25. The van der Waals surface area contributed by atoms with Gasteiger partial charge in [-0.3, -0.25) is 9.69 Å². The Hall–Kier alpha value is -1.10. The highest BCUT2D eigenvalue weighted by Gasteiger charge is 2.12. The molecular weight excluding hydrogens is 252 g/mol. The van der Waals surface area contributed by atoms with Crippen molar-refractivity contribution in [2.24, 2.45) is 0 Å². The van der Waals surface area contributed by atoms with Gasteiger partial charge in [-0.1, -0.05) is 0 Å². The van der Waals surface area contributed by atoms with Crippen molar-refractivity contribution in [2.45, 2.75) is 6.42 Å². The Morgan fingerprint density at radius 2 is 1.83 bits per heavy atom. The molecule has 0 bridgehead atoms. The normalized spacial score (nSPS) is 16.0. The van der Waals surface area contributed by atoms with Crippen LogP contribution in [-0.4, -0.2) is 43.5 Å². The number of ketones is 1. The third-order valence-electron chi connectivity index (χ3n) is 2.99. The van der Waals surface area contributed by atoms with E-state index in [2.05, 4.69) is 4.90 Å². The fourth-order valence-electron chi connectivity index (χ4n) is 1.90. The number of hydrogen-bond donors (Lipinski definition) is 1. The Morgan fingerprint density at radius 1 is 1.22 bits per heavy atom. The van der Waals surface area contributed by atoms with E-state index >= 15 is 0 Å². The van der Waals surface area contributed by atoms with E-state index in [-0.39, 0.29) is 18.2 Å². The van der Waals surface area contributed by atoms with Gasteiger partial charge < -0.3 is 10.5 Å². The largest absolute Gasteiger partial charge is 0.399 e. The molecule has 0 spiro atoms. The van der Waals surface area contributed by atoms with Gasteiger partial charge in [0.1, 0.15) is 0 Å². The van der Waals surface area contributed by atoms with E-state index in [1.54, 1.807) is 24.3 Å². The Labute approximate surface area is 114 Å². The van der Waals surface area contributed by atoms with Crippen LogP contribution >= 0.6 is 12.4 Å². The van der Waals surface area contributed by atoms with Crippen LogP contribution in [-0.2, 0) is 4.74 Å². The van der Waals surface area contributed by atoms with E-state index in [1.165, 1.54) is 0 Å². The molecule has 1 aliphatic rings. The molecule has 2 rings (SSSR count). The SMILES string of the molecule is Cl.Nc1ccc(C(=O)CCN2CCOCC2)cc1. The summed E-state index contributed by atoms with van der Waals surface area (Å²) in [5.74, 6) is 0.177. The molecular formula is C13H19ClN2O2. The number of benzene rings is 1. The minimum Gasteiger partial charge on any atom is -0.399 e. The molecule has 1 aliphatic heterocycles. The van der Waals surface area contributed by atoms with E-state index in [0.717, 1.165) is 38.4 Å². The fraction of sp³-hybridized carbons (Fsp3) is 0.462. The lowest BCUT2D eigenvalue weighted by Crippen LogP contribution is -2.37. The zero-order valence-corrected chi connectivity index (χ0v) is 11.1. The summed E-state index contributed by atoms with van der Waals surface area (Å²) in [6.07, 6.45) is 0.559. The molecule has 5 heteroatoms. The lowest BCUT2D eigenvalue weighted by molar-refractivity contribution is 0.0370. The summed E-state index contributed by atoms with van der Waals surface area (Å²) in [4.78, 5) is 14.2. The van der Waals surface area contributed by atoms with Gasteiger partial charge in [-0.25, -0.2) is 0 Å². The molecule has 1 aromatic carbocycles. The Kier molecular flexibility index (Phi) is 6.12. The van der Waals surface area contributed by atoms with Crippen molar-refractivity contribution < 1.29 is 9.53 Å². The third kappa shape index (κ3) is 4.29. The average molecular weight is 271 g/mol. The second-order valence-electron chi connectivity index (χ2n) is 4.25. The molecule has 0 amide bonds. The van der Waals surface area contributed by atoms with Gasteiger partial charge in [0.15, 0.2) is 5.78 Å². The molecule has 0 radical (unpaired) electrons. The first kappa shape index (κ1) is 15.0. The van der Waals surface area contributed by atoms with Crippen molar-refractivity contribution in [3.63, 3.8) is 0 Å².